The van der Waals surface area contributed by atoms with E-state index in [0.717, 1.165) is 25.9 Å². The number of rotatable bonds is 10. The lowest BCUT2D eigenvalue weighted by Gasteiger charge is -2.36. The molecule has 0 amide bonds. The van der Waals surface area contributed by atoms with Crippen molar-refractivity contribution >= 4 is 0 Å². The first kappa shape index (κ1) is 16.9. The highest BCUT2D eigenvalue weighted by molar-refractivity contribution is 4.99. The normalized spacial score (nSPS) is 27.3. The molecule has 0 aromatic carbocycles. The van der Waals surface area contributed by atoms with Gasteiger partial charge < -0.3 is 15.3 Å². The first-order valence-electron chi connectivity index (χ1n) is 8.30. The number of aliphatic hydroxyl groups excluding tert-OH is 1. The van der Waals surface area contributed by atoms with Gasteiger partial charge in [-0.2, -0.15) is 0 Å². The summed E-state index contributed by atoms with van der Waals surface area (Å²) in [6.07, 6.45) is 7.30. The molecule has 2 atom stereocenters. The Morgan fingerprint density at radius 2 is 2.00 bits per heavy atom. The zero-order valence-electron chi connectivity index (χ0n) is 13.2. The molecule has 0 heterocycles. The Morgan fingerprint density at radius 3 is 2.58 bits per heavy atom. The van der Waals surface area contributed by atoms with Gasteiger partial charge in [-0.15, -0.1) is 0 Å². The van der Waals surface area contributed by atoms with E-state index in [1.165, 1.54) is 38.8 Å². The van der Waals surface area contributed by atoms with Crippen LogP contribution in [0.15, 0.2) is 0 Å². The highest BCUT2D eigenvalue weighted by Crippen LogP contribution is 2.37. The highest BCUT2D eigenvalue weighted by Gasteiger charge is 2.41. The Kier molecular flexibility index (Phi) is 7.96. The summed E-state index contributed by atoms with van der Waals surface area (Å²) in [4.78, 5) is 2.54. The summed E-state index contributed by atoms with van der Waals surface area (Å²) in [5.74, 6) is 0.648. The van der Waals surface area contributed by atoms with Gasteiger partial charge in [0.15, 0.2) is 0 Å². The summed E-state index contributed by atoms with van der Waals surface area (Å²) in [5, 5.41) is 13.5. The van der Waals surface area contributed by atoms with Gasteiger partial charge in [0, 0.05) is 5.54 Å². The van der Waals surface area contributed by atoms with Crippen molar-refractivity contribution in [2.24, 2.45) is 5.92 Å². The number of nitrogens with zero attached hydrogens (tertiary/aromatic N) is 1. The van der Waals surface area contributed by atoms with Crippen LogP contribution in [0.4, 0.5) is 0 Å². The van der Waals surface area contributed by atoms with Gasteiger partial charge in [-0.3, -0.25) is 0 Å². The van der Waals surface area contributed by atoms with E-state index in [1.54, 1.807) is 0 Å². The number of hydrogen-bond donors (Lipinski definition) is 2. The van der Waals surface area contributed by atoms with Gasteiger partial charge in [0.1, 0.15) is 0 Å². The molecule has 1 saturated carbocycles. The van der Waals surface area contributed by atoms with Gasteiger partial charge in [0.2, 0.25) is 0 Å². The minimum atomic E-state index is 0.0155. The van der Waals surface area contributed by atoms with Crippen LogP contribution in [0.3, 0.4) is 0 Å². The second-order valence-electron chi connectivity index (χ2n) is 6.05. The summed E-state index contributed by atoms with van der Waals surface area (Å²) in [6.45, 7) is 11.6. The van der Waals surface area contributed by atoms with Crippen LogP contribution in [0.1, 0.15) is 59.3 Å². The van der Waals surface area contributed by atoms with Crippen molar-refractivity contribution in [1.29, 1.82) is 0 Å². The Hall–Kier alpha value is -0.120. The molecule has 1 rings (SSSR count). The van der Waals surface area contributed by atoms with Crippen LogP contribution in [0.2, 0.25) is 0 Å². The zero-order chi connectivity index (χ0) is 14.1. The fraction of sp³-hybridized carbons (Fsp3) is 1.00. The maximum Gasteiger partial charge on any atom is 0.0616 e. The van der Waals surface area contributed by atoms with E-state index < -0.39 is 0 Å². The van der Waals surface area contributed by atoms with Gasteiger partial charge in [0.05, 0.1) is 6.61 Å². The monoisotopic (exact) mass is 270 g/mol. The molecular formula is C16H34N2O. The maximum atomic E-state index is 9.86. The van der Waals surface area contributed by atoms with E-state index in [9.17, 15) is 5.11 Å². The first-order chi connectivity index (χ1) is 9.22. The summed E-state index contributed by atoms with van der Waals surface area (Å²) in [6, 6.07) is 0. The van der Waals surface area contributed by atoms with Gasteiger partial charge in [-0.1, -0.05) is 27.2 Å². The average molecular weight is 270 g/mol. The van der Waals surface area contributed by atoms with Crippen LogP contribution in [0.25, 0.3) is 0 Å². The van der Waals surface area contributed by atoms with E-state index in [-0.39, 0.29) is 5.54 Å². The van der Waals surface area contributed by atoms with Crippen LogP contribution in [-0.4, -0.2) is 48.3 Å². The molecule has 0 aromatic rings. The van der Waals surface area contributed by atoms with Gasteiger partial charge in [-0.05, 0) is 64.2 Å². The van der Waals surface area contributed by atoms with Crippen LogP contribution < -0.4 is 5.32 Å². The van der Waals surface area contributed by atoms with Crippen molar-refractivity contribution in [2.75, 3.05) is 32.8 Å². The molecule has 0 aliphatic heterocycles. The Balaban J connectivity index is 2.49. The molecule has 2 N–H and O–H groups in total. The summed E-state index contributed by atoms with van der Waals surface area (Å²) in [5.41, 5.74) is 0.0155. The van der Waals surface area contributed by atoms with E-state index in [2.05, 4.69) is 31.0 Å². The Bertz CT molecular complexity index is 235. The van der Waals surface area contributed by atoms with Crippen molar-refractivity contribution in [2.45, 2.75) is 64.8 Å². The van der Waals surface area contributed by atoms with Crippen molar-refractivity contribution < 1.29 is 5.11 Å². The molecule has 0 radical (unpaired) electrons. The van der Waals surface area contributed by atoms with E-state index in [4.69, 9.17) is 0 Å². The molecule has 2 unspecified atom stereocenters. The summed E-state index contributed by atoms with van der Waals surface area (Å²) in [7, 11) is 0. The molecule has 0 saturated heterocycles. The van der Waals surface area contributed by atoms with Crippen LogP contribution in [0.5, 0.6) is 0 Å². The number of nitrogens with one attached hydrogen (secondary N) is 1. The molecule has 114 valence electrons. The second kappa shape index (κ2) is 8.93. The Labute approximate surface area is 119 Å². The van der Waals surface area contributed by atoms with Gasteiger partial charge in [0.25, 0.3) is 0 Å². The zero-order valence-corrected chi connectivity index (χ0v) is 13.2. The minimum absolute atomic E-state index is 0.0155. The lowest BCUT2D eigenvalue weighted by atomic mass is 9.85. The fourth-order valence-corrected chi connectivity index (χ4v) is 3.52. The lowest BCUT2D eigenvalue weighted by molar-refractivity contribution is 0.111. The third-order valence-electron chi connectivity index (χ3n) is 4.75. The van der Waals surface area contributed by atoms with E-state index in [1.807, 2.05) is 0 Å². The third-order valence-corrected chi connectivity index (χ3v) is 4.75. The molecule has 0 aromatic heterocycles. The quantitative estimate of drug-likeness (QED) is 0.640. The van der Waals surface area contributed by atoms with Gasteiger partial charge in [-0.25, -0.2) is 0 Å². The van der Waals surface area contributed by atoms with Crippen molar-refractivity contribution in [1.82, 2.24) is 10.2 Å². The van der Waals surface area contributed by atoms with Crippen molar-refractivity contribution in [3.05, 3.63) is 0 Å². The second-order valence-corrected chi connectivity index (χ2v) is 6.05. The summed E-state index contributed by atoms with van der Waals surface area (Å²) < 4.78 is 0. The molecule has 3 nitrogen and oxygen atoms in total. The SMILES string of the molecule is CCCNC1(CO)CCCC1CCN(CC)CCC. The number of hydrogen-bond acceptors (Lipinski definition) is 3. The van der Waals surface area contributed by atoms with Crippen LogP contribution in [-0.2, 0) is 0 Å². The summed E-state index contributed by atoms with van der Waals surface area (Å²) >= 11 is 0. The van der Waals surface area contributed by atoms with E-state index >= 15 is 0 Å². The van der Waals surface area contributed by atoms with Crippen molar-refractivity contribution in [3.63, 3.8) is 0 Å². The Morgan fingerprint density at radius 1 is 1.21 bits per heavy atom. The largest absolute Gasteiger partial charge is 0.394 e. The molecule has 1 fully saturated rings. The van der Waals surface area contributed by atoms with Crippen molar-refractivity contribution in [3.8, 4) is 0 Å². The highest BCUT2D eigenvalue weighted by atomic mass is 16.3. The van der Waals surface area contributed by atoms with Crippen LogP contribution in [0, 0.1) is 5.92 Å². The number of aliphatic hydroxyl groups is 1. The molecule has 19 heavy (non-hydrogen) atoms. The predicted molar refractivity (Wildman–Crippen MR) is 82.5 cm³/mol. The lowest BCUT2D eigenvalue weighted by Crippen LogP contribution is -2.52. The standard InChI is InChI=1S/C16H34N2O/c1-4-11-17-16(14-19)10-7-8-15(16)9-13-18(6-3)12-5-2/h15,17,19H,4-14H2,1-3H3. The maximum absolute atomic E-state index is 9.86. The van der Waals surface area contributed by atoms with E-state index in [0.29, 0.717) is 12.5 Å². The van der Waals surface area contributed by atoms with Gasteiger partial charge >= 0.3 is 0 Å². The molecular weight excluding hydrogens is 236 g/mol. The molecule has 0 bridgehead atoms. The van der Waals surface area contributed by atoms with Crippen LogP contribution >= 0.6 is 0 Å². The predicted octanol–water partition coefficient (Wildman–Crippen LogP) is 2.64. The first-order valence-corrected chi connectivity index (χ1v) is 8.30. The molecule has 0 spiro atoms. The fourth-order valence-electron chi connectivity index (χ4n) is 3.52. The molecule has 1 aliphatic carbocycles. The third kappa shape index (κ3) is 4.73. The minimum Gasteiger partial charge on any atom is -0.394 e. The smallest absolute Gasteiger partial charge is 0.0616 e. The topological polar surface area (TPSA) is 35.5 Å². The average Bonchev–Trinajstić information content (AvgIpc) is 2.84. The molecule has 1 aliphatic rings. The molecule has 3 heteroatoms.